The molecule has 1 fully saturated rings. The largest absolute Gasteiger partial charge is 0.442 e. The molecule has 1 atom stereocenters. The molecule has 0 bridgehead atoms. The third-order valence-electron chi connectivity index (χ3n) is 4.08. The number of nitrogens with zero attached hydrogens (tertiary/aromatic N) is 1. The molecule has 0 aliphatic heterocycles. The van der Waals surface area contributed by atoms with E-state index in [1.165, 1.54) is 0 Å². The molecule has 0 amide bonds. The molecule has 1 heterocycles. The summed E-state index contributed by atoms with van der Waals surface area (Å²) in [4.78, 5) is 4.28. The van der Waals surface area contributed by atoms with Crippen molar-refractivity contribution in [3.63, 3.8) is 0 Å². The van der Waals surface area contributed by atoms with Crippen molar-refractivity contribution in [2.24, 2.45) is 5.92 Å². The van der Waals surface area contributed by atoms with Gasteiger partial charge in [0, 0.05) is 5.92 Å². The van der Waals surface area contributed by atoms with Gasteiger partial charge in [-0.3, -0.25) is 0 Å². The second-order valence-corrected chi connectivity index (χ2v) is 5.52. The van der Waals surface area contributed by atoms with E-state index in [2.05, 4.69) is 4.98 Å². The zero-order valence-electron chi connectivity index (χ0n) is 11.7. The Morgan fingerprint density at radius 1 is 1.30 bits per heavy atom. The minimum atomic E-state index is -4.10. The minimum Gasteiger partial charge on any atom is -0.442 e. The number of aliphatic hydroxyl groups excluding tert-OH is 1. The van der Waals surface area contributed by atoms with E-state index in [1.54, 1.807) is 6.92 Å². The fraction of sp³-hybridized carbons (Fsp3) is 0.786. The fourth-order valence-electron chi connectivity index (χ4n) is 2.77. The molecule has 0 spiro atoms. The molecular formula is C14H20F3NO2. The summed E-state index contributed by atoms with van der Waals surface area (Å²) in [6.45, 7) is 3.59. The number of aliphatic hydroxyl groups is 1. The standard InChI is InChI=1S/C14H20F3NO2/c1-3-11(19)12-8(2)18-13(20-12)9-4-6-10(7-5-9)14(15,16)17/h9-11,19H,3-7H2,1-2H3. The number of rotatable bonds is 3. The molecule has 1 aromatic rings. The summed E-state index contributed by atoms with van der Waals surface area (Å²) in [6.07, 6.45) is -3.14. The van der Waals surface area contributed by atoms with Crippen LogP contribution in [-0.4, -0.2) is 16.3 Å². The van der Waals surface area contributed by atoms with E-state index >= 15 is 0 Å². The maximum absolute atomic E-state index is 12.6. The third-order valence-corrected chi connectivity index (χ3v) is 4.08. The van der Waals surface area contributed by atoms with Crippen molar-refractivity contribution in [2.75, 3.05) is 0 Å². The molecule has 0 aromatic carbocycles. The van der Waals surface area contributed by atoms with Crippen molar-refractivity contribution in [3.05, 3.63) is 17.3 Å². The molecule has 6 heteroatoms. The summed E-state index contributed by atoms with van der Waals surface area (Å²) in [7, 11) is 0. The molecule has 3 nitrogen and oxygen atoms in total. The van der Waals surface area contributed by atoms with Crippen LogP contribution in [0.5, 0.6) is 0 Å². The highest BCUT2D eigenvalue weighted by atomic mass is 19.4. The van der Waals surface area contributed by atoms with Gasteiger partial charge in [-0.1, -0.05) is 6.92 Å². The van der Waals surface area contributed by atoms with Gasteiger partial charge in [-0.25, -0.2) is 4.98 Å². The zero-order valence-corrected chi connectivity index (χ0v) is 11.7. The zero-order chi connectivity index (χ0) is 14.9. The van der Waals surface area contributed by atoms with Crippen LogP contribution in [0.15, 0.2) is 4.42 Å². The van der Waals surface area contributed by atoms with Crippen LogP contribution in [0.2, 0.25) is 0 Å². The maximum Gasteiger partial charge on any atom is 0.391 e. The molecular weight excluding hydrogens is 271 g/mol. The topological polar surface area (TPSA) is 46.3 Å². The van der Waals surface area contributed by atoms with Crippen LogP contribution >= 0.6 is 0 Å². The van der Waals surface area contributed by atoms with Crippen LogP contribution in [0.3, 0.4) is 0 Å². The number of aryl methyl sites for hydroxylation is 1. The van der Waals surface area contributed by atoms with Gasteiger partial charge in [0.2, 0.25) is 0 Å². The highest BCUT2D eigenvalue weighted by Gasteiger charge is 2.42. The molecule has 1 saturated carbocycles. The van der Waals surface area contributed by atoms with E-state index < -0.39 is 18.2 Å². The van der Waals surface area contributed by atoms with E-state index in [-0.39, 0.29) is 18.8 Å². The fourth-order valence-corrected chi connectivity index (χ4v) is 2.77. The Morgan fingerprint density at radius 3 is 2.40 bits per heavy atom. The number of hydrogen-bond acceptors (Lipinski definition) is 3. The molecule has 0 saturated heterocycles. The second kappa shape index (κ2) is 5.76. The van der Waals surface area contributed by atoms with E-state index in [1.807, 2.05) is 6.92 Å². The first-order valence-corrected chi connectivity index (χ1v) is 7.04. The van der Waals surface area contributed by atoms with Crippen molar-refractivity contribution in [3.8, 4) is 0 Å². The maximum atomic E-state index is 12.6. The van der Waals surface area contributed by atoms with Crippen LogP contribution in [0, 0.1) is 12.8 Å². The first-order chi connectivity index (χ1) is 9.32. The summed E-state index contributed by atoms with van der Waals surface area (Å²) in [5, 5.41) is 9.79. The molecule has 0 radical (unpaired) electrons. The normalized spacial score (nSPS) is 25.7. The highest BCUT2D eigenvalue weighted by Crippen LogP contribution is 2.43. The Bertz CT molecular complexity index is 448. The number of hydrogen-bond donors (Lipinski definition) is 1. The third kappa shape index (κ3) is 3.16. The number of alkyl halides is 3. The smallest absolute Gasteiger partial charge is 0.391 e. The van der Waals surface area contributed by atoms with Crippen LogP contribution < -0.4 is 0 Å². The Labute approximate surface area is 116 Å². The number of aromatic nitrogens is 1. The average molecular weight is 291 g/mol. The summed E-state index contributed by atoms with van der Waals surface area (Å²) >= 11 is 0. The lowest BCUT2D eigenvalue weighted by molar-refractivity contribution is -0.182. The van der Waals surface area contributed by atoms with Crippen LogP contribution in [0.25, 0.3) is 0 Å². The van der Waals surface area contributed by atoms with E-state index in [0.717, 1.165) is 0 Å². The van der Waals surface area contributed by atoms with Gasteiger partial charge in [0.15, 0.2) is 11.7 Å². The first-order valence-electron chi connectivity index (χ1n) is 7.04. The highest BCUT2D eigenvalue weighted by molar-refractivity contribution is 5.13. The Hall–Kier alpha value is -1.04. The van der Waals surface area contributed by atoms with E-state index in [0.29, 0.717) is 36.6 Å². The van der Waals surface area contributed by atoms with Crippen LogP contribution in [0.4, 0.5) is 13.2 Å². The van der Waals surface area contributed by atoms with Gasteiger partial charge in [0.05, 0.1) is 11.6 Å². The van der Waals surface area contributed by atoms with E-state index in [9.17, 15) is 18.3 Å². The van der Waals surface area contributed by atoms with Gasteiger partial charge in [0.1, 0.15) is 6.10 Å². The van der Waals surface area contributed by atoms with Crippen molar-refractivity contribution >= 4 is 0 Å². The lowest BCUT2D eigenvalue weighted by atomic mass is 9.81. The number of oxazole rings is 1. The van der Waals surface area contributed by atoms with Crippen LogP contribution in [-0.2, 0) is 0 Å². The quantitative estimate of drug-likeness (QED) is 0.905. The Morgan fingerprint density at radius 2 is 1.90 bits per heavy atom. The summed E-state index contributed by atoms with van der Waals surface area (Å²) in [5.41, 5.74) is 0.632. The molecule has 1 aliphatic carbocycles. The monoisotopic (exact) mass is 291 g/mol. The molecule has 114 valence electrons. The average Bonchev–Trinajstić information content (AvgIpc) is 2.79. The first kappa shape index (κ1) is 15.4. The van der Waals surface area contributed by atoms with Crippen molar-refractivity contribution in [1.29, 1.82) is 0 Å². The van der Waals surface area contributed by atoms with Crippen molar-refractivity contribution in [1.82, 2.24) is 4.98 Å². The Balaban J connectivity index is 2.04. The Kier molecular flexibility index (Phi) is 4.42. The summed E-state index contributed by atoms with van der Waals surface area (Å²) < 4.78 is 43.4. The van der Waals surface area contributed by atoms with Gasteiger partial charge >= 0.3 is 6.18 Å². The van der Waals surface area contributed by atoms with Gasteiger partial charge in [0.25, 0.3) is 0 Å². The predicted molar refractivity (Wildman–Crippen MR) is 67.2 cm³/mol. The molecule has 1 unspecified atom stereocenters. The van der Waals surface area contributed by atoms with Gasteiger partial charge < -0.3 is 9.52 Å². The van der Waals surface area contributed by atoms with E-state index in [4.69, 9.17) is 4.42 Å². The molecule has 20 heavy (non-hydrogen) atoms. The SMILES string of the molecule is CCC(O)c1oc(C2CCC(C(F)(F)F)CC2)nc1C. The molecule has 1 aromatic heterocycles. The second-order valence-electron chi connectivity index (χ2n) is 5.52. The van der Waals surface area contributed by atoms with Crippen molar-refractivity contribution in [2.45, 2.75) is 64.1 Å². The minimum absolute atomic E-state index is 0.0647. The number of halogens is 3. The lowest BCUT2D eigenvalue weighted by Gasteiger charge is -2.28. The summed E-state index contributed by atoms with van der Waals surface area (Å²) in [5.74, 6) is -0.341. The van der Waals surface area contributed by atoms with Crippen LogP contribution in [0.1, 0.15) is 68.4 Å². The predicted octanol–water partition coefficient (Wildman–Crippen LogP) is 4.26. The molecule has 1 N–H and O–H groups in total. The molecule has 1 aliphatic rings. The lowest BCUT2D eigenvalue weighted by Crippen LogP contribution is -2.27. The van der Waals surface area contributed by atoms with Crippen molar-refractivity contribution < 1.29 is 22.7 Å². The van der Waals surface area contributed by atoms with Gasteiger partial charge in [-0.15, -0.1) is 0 Å². The van der Waals surface area contributed by atoms with Gasteiger partial charge in [-0.05, 0) is 39.0 Å². The summed E-state index contributed by atoms with van der Waals surface area (Å²) in [6, 6.07) is 0. The van der Waals surface area contributed by atoms with Gasteiger partial charge in [-0.2, -0.15) is 13.2 Å². The molecule has 2 rings (SSSR count).